The second-order valence-electron chi connectivity index (χ2n) is 4.64. The predicted octanol–water partition coefficient (Wildman–Crippen LogP) is 2.17. The van der Waals surface area contributed by atoms with E-state index in [4.69, 9.17) is 5.73 Å². The fourth-order valence-corrected chi connectivity index (χ4v) is 2.29. The van der Waals surface area contributed by atoms with Gasteiger partial charge in [0.2, 0.25) is 0 Å². The number of hydrogen-bond acceptors (Lipinski definition) is 3. The highest BCUT2D eigenvalue weighted by molar-refractivity contribution is 5.54. The molecule has 0 amide bonds. The number of nitrogen functional groups attached to an aromatic ring is 1. The van der Waals surface area contributed by atoms with Crippen molar-refractivity contribution < 1.29 is 0 Å². The zero-order valence-corrected chi connectivity index (χ0v) is 9.95. The number of nitrogens with zero attached hydrogens (tertiary/aromatic N) is 1. The third-order valence-corrected chi connectivity index (χ3v) is 3.35. The van der Waals surface area contributed by atoms with Crippen LogP contribution in [0.3, 0.4) is 0 Å². The standard InChI is InChI=1S/C13H21N3/c1-16-8-3-2-7-13(16)10-15-12-6-4-5-11(14)9-12/h4-6,9,13,15H,2-3,7-8,10,14H2,1H3. The van der Waals surface area contributed by atoms with Gasteiger partial charge in [0.1, 0.15) is 0 Å². The van der Waals surface area contributed by atoms with E-state index in [1.807, 2.05) is 18.2 Å². The minimum Gasteiger partial charge on any atom is -0.399 e. The Morgan fingerprint density at radius 1 is 1.44 bits per heavy atom. The summed E-state index contributed by atoms with van der Waals surface area (Å²) in [6, 6.07) is 8.62. The first-order chi connectivity index (χ1) is 7.75. The molecule has 1 aromatic rings. The summed E-state index contributed by atoms with van der Waals surface area (Å²) in [5, 5.41) is 3.46. The molecule has 1 aromatic carbocycles. The zero-order chi connectivity index (χ0) is 11.4. The molecule has 3 nitrogen and oxygen atoms in total. The van der Waals surface area contributed by atoms with Crippen molar-refractivity contribution in [3.8, 4) is 0 Å². The summed E-state index contributed by atoms with van der Waals surface area (Å²) in [6.07, 6.45) is 3.99. The molecule has 1 atom stereocenters. The van der Waals surface area contributed by atoms with E-state index in [2.05, 4.69) is 23.3 Å². The van der Waals surface area contributed by atoms with Crippen LogP contribution in [0, 0.1) is 0 Å². The number of piperidine rings is 1. The van der Waals surface area contributed by atoms with Crippen molar-refractivity contribution in [1.82, 2.24) is 4.90 Å². The number of nitrogens with two attached hydrogens (primary N) is 1. The number of anilines is 2. The number of hydrogen-bond donors (Lipinski definition) is 2. The molecule has 0 spiro atoms. The van der Waals surface area contributed by atoms with Gasteiger partial charge in [-0.1, -0.05) is 12.5 Å². The second-order valence-corrected chi connectivity index (χ2v) is 4.64. The zero-order valence-electron chi connectivity index (χ0n) is 9.95. The summed E-state index contributed by atoms with van der Waals surface area (Å²) in [5.74, 6) is 0. The van der Waals surface area contributed by atoms with Crippen LogP contribution in [0.4, 0.5) is 11.4 Å². The molecule has 0 saturated carbocycles. The van der Waals surface area contributed by atoms with Crippen molar-refractivity contribution in [2.45, 2.75) is 25.3 Å². The highest BCUT2D eigenvalue weighted by Crippen LogP contribution is 2.17. The summed E-state index contributed by atoms with van der Waals surface area (Å²) >= 11 is 0. The second kappa shape index (κ2) is 5.21. The smallest absolute Gasteiger partial charge is 0.0361 e. The van der Waals surface area contributed by atoms with E-state index in [1.165, 1.54) is 25.8 Å². The lowest BCUT2D eigenvalue weighted by Gasteiger charge is -2.32. The lowest BCUT2D eigenvalue weighted by molar-refractivity contribution is 0.194. The third kappa shape index (κ3) is 2.89. The molecule has 2 rings (SSSR count). The lowest BCUT2D eigenvalue weighted by Crippen LogP contribution is -2.40. The minimum absolute atomic E-state index is 0.662. The maximum absolute atomic E-state index is 5.74. The first kappa shape index (κ1) is 11.3. The third-order valence-electron chi connectivity index (χ3n) is 3.35. The Labute approximate surface area is 97.6 Å². The van der Waals surface area contributed by atoms with Crippen LogP contribution in [-0.2, 0) is 0 Å². The average molecular weight is 219 g/mol. The van der Waals surface area contributed by atoms with Gasteiger partial charge in [0, 0.05) is 24.0 Å². The summed E-state index contributed by atoms with van der Waals surface area (Å²) in [6.45, 7) is 2.24. The molecular formula is C13H21N3. The molecule has 0 aliphatic carbocycles. The maximum atomic E-state index is 5.74. The molecule has 1 unspecified atom stereocenters. The summed E-state index contributed by atoms with van der Waals surface area (Å²) in [4.78, 5) is 2.45. The van der Waals surface area contributed by atoms with E-state index >= 15 is 0 Å². The molecule has 1 aliphatic rings. The fourth-order valence-electron chi connectivity index (χ4n) is 2.29. The Morgan fingerprint density at radius 2 is 2.31 bits per heavy atom. The quantitative estimate of drug-likeness (QED) is 0.765. The van der Waals surface area contributed by atoms with Crippen LogP contribution in [0.15, 0.2) is 24.3 Å². The highest BCUT2D eigenvalue weighted by Gasteiger charge is 2.17. The van der Waals surface area contributed by atoms with Crippen LogP contribution in [0.25, 0.3) is 0 Å². The van der Waals surface area contributed by atoms with Gasteiger partial charge in [-0.3, -0.25) is 0 Å². The van der Waals surface area contributed by atoms with Crippen molar-refractivity contribution in [2.75, 3.05) is 31.2 Å². The van der Waals surface area contributed by atoms with E-state index < -0.39 is 0 Å². The lowest BCUT2D eigenvalue weighted by atomic mass is 10.0. The Kier molecular flexibility index (Phi) is 3.67. The van der Waals surface area contributed by atoms with Gasteiger partial charge in [0.05, 0.1) is 0 Å². The van der Waals surface area contributed by atoms with E-state index in [0.29, 0.717) is 6.04 Å². The minimum atomic E-state index is 0.662. The van der Waals surface area contributed by atoms with Crippen molar-refractivity contribution in [1.29, 1.82) is 0 Å². The van der Waals surface area contributed by atoms with Crippen LogP contribution in [0.2, 0.25) is 0 Å². The Bertz CT molecular complexity index is 338. The molecule has 16 heavy (non-hydrogen) atoms. The average Bonchev–Trinajstić information content (AvgIpc) is 2.28. The predicted molar refractivity (Wildman–Crippen MR) is 69.6 cm³/mol. The van der Waals surface area contributed by atoms with E-state index in [9.17, 15) is 0 Å². The van der Waals surface area contributed by atoms with Crippen LogP contribution in [-0.4, -0.2) is 31.1 Å². The van der Waals surface area contributed by atoms with Crippen molar-refractivity contribution in [2.24, 2.45) is 0 Å². The topological polar surface area (TPSA) is 41.3 Å². The Balaban J connectivity index is 1.86. The van der Waals surface area contributed by atoms with Gasteiger partial charge in [0.25, 0.3) is 0 Å². The van der Waals surface area contributed by atoms with Crippen LogP contribution in [0.5, 0.6) is 0 Å². The summed E-state index contributed by atoms with van der Waals surface area (Å²) in [7, 11) is 2.21. The van der Waals surface area contributed by atoms with Gasteiger partial charge >= 0.3 is 0 Å². The van der Waals surface area contributed by atoms with Gasteiger partial charge in [-0.05, 0) is 44.6 Å². The van der Waals surface area contributed by atoms with E-state index in [0.717, 1.165) is 17.9 Å². The highest BCUT2D eigenvalue weighted by atomic mass is 15.2. The fraction of sp³-hybridized carbons (Fsp3) is 0.538. The molecule has 1 heterocycles. The Hall–Kier alpha value is -1.22. The monoisotopic (exact) mass is 219 g/mol. The van der Waals surface area contributed by atoms with Crippen molar-refractivity contribution in [3.63, 3.8) is 0 Å². The molecule has 0 bridgehead atoms. The number of benzene rings is 1. The number of nitrogens with one attached hydrogen (secondary N) is 1. The largest absolute Gasteiger partial charge is 0.399 e. The van der Waals surface area contributed by atoms with Gasteiger partial charge < -0.3 is 16.0 Å². The molecule has 3 N–H and O–H groups in total. The van der Waals surface area contributed by atoms with Gasteiger partial charge in [-0.2, -0.15) is 0 Å². The molecule has 88 valence electrons. The molecule has 1 fully saturated rings. The normalized spacial score (nSPS) is 21.9. The van der Waals surface area contributed by atoms with Gasteiger partial charge in [-0.15, -0.1) is 0 Å². The molecule has 1 aliphatic heterocycles. The van der Waals surface area contributed by atoms with Crippen LogP contribution in [0.1, 0.15) is 19.3 Å². The van der Waals surface area contributed by atoms with Crippen molar-refractivity contribution >= 4 is 11.4 Å². The molecule has 0 radical (unpaired) electrons. The van der Waals surface area contributed by atoms with E-state index in [1.54, 1.807) is 0 Å². The van der Waals surface area contributed by atoms with E-state index in [-0.39, 0.29) is 0 Å². The van der Waals surface area contributed by atoms with Crippen molar-refractivity contribution in [3.05, 3.63) is 24.3 Å². The summed E-state index contributed by atoms with van der Waals surface area (Å²) in [5.41, 5.74) is 7.69. The van der Waals surface area contributed by atoms with Crippen LogP contribution < -0.4 is 11.1 Å². The summed E-state index contributed by atoms with van der Waals surface area (Å²) < 4.78 is 0. The molecule has 3 heteroatoms. The number of likely N-dealkylation sites (N-methyl/N-ethyl adjacent to an activating group) is 1. The Morgan fingerprint density at radius 3 is 3.06 bits per heavy atom. The first-order valence-corrected chi connectivity index (χ1v) is 6.05. The molecular weight excluding hydrogens is 198 g/mol. The van der Waals surface area contributed by atoms with Gasteiger partial charge in [-0.25, -0.2) is 0 Å². The first-order valence-electron chi connectivity index (χ1n) is 6.05. The molecule has 0 aromatic heterocycles. The van der Waals surface area contributed by atoms with Crippen LogP contribution >= 0.6 is 0 Å². The molecule has 1 saturated heterocycles. The number of likely N-dealkylation sites (tertiary alicyclic amines) is 1. The maximum Gasteiger partial charge on any atom is 0.0361 e. The number of rotatable bonds is 3. The SMILES string of the molecule is CN1CCCCC1CNc1cccc(N)c1. The van der Waals surface area contributed by atoms with Gasteiger partial charge in [0.15, 0.2) is 0 Å².